The Morgan fingerprint density at radius 2 is 0.667 bits per heavy atom. The summed E-state index contributed by atoms with van der Waals surface area (Å²) < 4.78 is 33.9. The number of nitrogens with zero attached hydrogens (tertiary/aromatic N) is 6. The molecule has 7 rings (SSSR count). The fourth-order valence-corrected chi connectivity index (χ4v) is 6.17. The number of fused-ring (bicyclic) bond motifs is 3. The van der Waals surface area contributed by atoms with Crippen LogP contribution in [0.5, 0.6) is 0 Å². The van der Waals surface area contributed by atoms with Crippen LogP contribution in [0.1, 0.15) is 83.1 Å². The van der Waals surface area contributed by atoms with E-state index in [0.29, 0.717) is 18.5 Å². The summed E-state index contributed by atoms with van der Waals surface area (Å²) in [5.74, 6) is 0.780. The van der Waals surface area contributed by atoms with Crippen LogP contribution in [0.15, 0.2) is 91.3 Å². The molecule has 0 bridgehead atoms. The Morgan fingerprint density at radius 3 is 0.911 bits per heavy atom. The third kappa shape index (κ3) is 4.84. The van der Waals surface area contributed by atoms with Crippen molar-refractivity contribution in [1.29, 1.82) is 0 Å². The zero-order chi connectivity index (χ0) is 34.5. The van der Waals surface area contributed by atoms with Gasteiger partial charge in [-0.3, -0.25) is 13.7 Å². The molecule has 0 saturated carbocycles. The fourth-order valence-electron chi connectivity index (χ4n) is 6.17. The maximum Gasteiger partial charge on any atom is 0.240 e. The van der Waals surface area contributed by atoms with E-state index in [4.69, 9.17) is 15.0 Å². The van der Waals surface area contributed by atoms with Gasteiger partial charge in [-0.15, -0.1) is 0 Å². The van der Waals surface area contributed by atoms with Gasteiger partial charge in [0.25, 0.3) is 0 Å². The first kappa shape index (κ1) is 25.6. The molecule has 0 radical (unpaired) electrons. The lowest BCUT2D eigenvalue weighted by molar-refractivity contribution is 0.593. The molecule has 228 valence electrons. The molecule has 0 aliphatic carbocycles. The van der Waals surface area contributed by atoms with Crippen molar-refractivity contribution in [3.8, 4) is 17.8 Å². The standard InChI is InChI=1S/C39H42N6/c1-37(2,3)28-22-43(31-19-13-10-16-25(28)31)34-40-35(44-23-29(38(4,5)6)26-17-11-14-20-32(26)44)42-36(41-34)45-24-30(39(7,8)9)27-18-12-15-21-33(27)45/h10-24H,1-9H3/i22D,23D,24D. The summed E-state index contributed by atoms with van der Waals surface area (Å²) in [5.41, 5.74) is 4.17. The van der Waals surface area contributed by atoms with Gasteiger partial charge in [0.15, 0.2) is 0 Å². The Kier molecular flexibility index (Phi) is 5.63. The zero-order valence-corrected chi connectivity index (χ0v) is 27.6. The lowest BCUT2D eigenvalue weighted by Gasteiger charge is -2.17. The van der Waals surface area contributed by atoms with Gasteiger partial charge in [0.05, 0.1) is 20.7 Å². The summed E-state index contributed by atoms with van der Waals surface area (Å²) in [4.78, 5) is 15.2. The number of para-hydroxylation sites is 3. The van der Waals surface area contributed by atoms with Crippen LogP contribution in [0.4, 0.5) is 0 Å². The van der Waals surface area contributed by atoms with Crippen LogP contribution in [0.25, 0.3) is 50.6 Å². The van der Waals surface area contributed by atoms with Crippen LogP contribution in [0.2, 0.25) is 0 Å². The molecule has 0 aliphatic heterocycles. The van der Waals surface area contributed by atoms with Gasteiger partial charge in [-0.05, 0) is 51.1 Å². The van der Waals surface area contributed by atoms with Gasteiger partial charge < -0.3 is 0 Å². The topological polar surface area (TPSA) is 53.5 Å². The van der Waals surface area contributed by atoms with Gasteiger partial charge in [0.2, 0.25) is 17.8 Å². The summed E-state index contributed by atoms with van der Waals surface area (Å²) in [6, 6.07) is 23.9. The Balaban J connectivity index is 1.65. The van der Waals surface area contributed by atoms with Crippen LogP contribution in [-0.2, 0) is 16.2 Å². The second-order valence-electron chi connectivity index (χ2n) is 15.0. The third-order valence-corrected chi connectivity index (χ3v) is 8.36. The third-order valence-electron chi connectivity index (χ3n) is 8.36. The zero-order valence-electron chi connectivity index (χ0n) is 30.6. The van der Waals surface area contributed by atoms with Crippen molar-refractivity contribution in [1.82, 2.24) is 28.7 Å². The SMILES string of the molecule is [2H]c1c(C(C)(C)C)c2ccccc2n1-c1nc(-n2c([2H])c(C(C)(C)C)c3ccccc32)nc(-n2c([2H])c(C(C)(C)C)c3ccccc32)n1. The Bertz CT molecular complexity index is 2110. The van der Waals surface area contributed by atoms with Crippen molar-refractivity contribution in [3.63, 3.8) is 0 Å². The molecule has 0 N–H and O–H groups in total. The molecule has 0 unspecified atom stereocenters. The summed E-state index contributed by atoms with van der Waals surface area (Å²) >= 11 is 0. The van der Waals surface area contributed by atoms with Gasteiger partial charge >= 0.3 is 0 Å². The second kappa shape index (κ2) is 9.90. The fraction of sp³-hybridized carbons (Fsp3) is 0.308. The van der Waals surface area contributed by atoms with E-state index in [2.05, 4.69) is 62.3 Å². The number of hydrogen-bond acceptors (Lipinski definition) is 3. The minimum Gasteiger partial charge on any atom is -0.285 e. The maximum atomic E-state index is 9.51. The predicted octanol–water partition coefficient (Wildman–Crippen LogP) is 9.60. The first-order chi connectivity index (χ1) is 22.5. The summed E-state index contributed by atoms with van der Waals surface area (Å²) in [5, 5.41) is 2.89. The molecule has 45 heavy (non-hydrogen) atoms. The van der Waals surface area contributed by atoms with Crippen LogP contribution in [-0.4, -0.2) is 28.7 Å². The maximum absolute atomic E-state index is 9.51. The van der Waals surface area contributed by atoms with Crippen molar-refractivity contribution < 1.29 is 4.11 Å². The van der Waals surface area contributed by atoms with Crippen molar-refractivity contribution in [2.24, 2.45) is 0 Å². The van der Waals surface area contributed by atoms with E-state index in [0.717, 1.165) is 49.4 Å². The average Bonchev–Trinajstić information content (AvgIpc) is 3.59. The van der Waals surface area contributed by atoms with Crippen molar-refractivity contribution in [3.05, 3.63) is 108 Å². The molecule has 0 amide bonds. The largest absolute Gasteiger partial charge is 0.285 e. The van der Waals surface area contributed by atoms with Crippen molar-refractivity contribution in [2.45, 2.75) is 78.6 Å². The lowest BCUT2D eigenvalue weighted by Crippen LogP contribution is -2.14. The van der Waals surface area contributed by atoms with E-state index in [1.54, 1.807) is 13.7 Å². The molecule has 0 fully saturated rings. The molecule has 6 nitrogen and oxygen atoms in total. The highest BCUT2D eigenvalue weighted by Crippen LogP contribution is 2.36. The van der Waals surface area contributed by atoms with Crippen LogP contribution in [0.3, 0.4) is 0 Å². The van der Waals surface area contributed by atoms with Gasteiger partial charge in [-0.2, -0.15) is 15.0 Å². The quantitative estimate of drug-likeness (QED) is 0.204. The van der Waals surface area contributed by atoms with Gasteiger partial charge in [0, 0.05) is 34.7 Å². The van der Waals surface area contributed by atoms with Gasteiger partial charge in [-0.25, -0.2) is 0 Å². The van der Waals surface area contributed by atoms with E-state index in [-0.39, 0.29) is 34.1 Å². The van der Waals surface area contributed by atoms with Crippen molar-refractivity contribution >= 4 is 32.7 Å². The highest BCUT2D eigenvalue weighted by molar-refractivity contribution is 5.88. The predicted molar refractivity (Wildman–Crippen MR) is 186 cm³/mol. The number of hydrogen-bond donors (Lipinski definition) is 0. The van der Waals surface area contributed by atoms with E-state index >= 15 is 0 Å². The molecule has 0 spiro atoms. The monoisotopic (exact) mass is 597 g/mol. The first-order valence-electron chi connectivity index (χ1n) is 17.1. The molecular formula is C39H42N6. The first-order valence-corrected chi connectivity index (χ1v) is 15.6. The highest BCUT2D eigenvalue weighted by Gasteiger charge is 2.26. The van der Waals surface area contributed by atoms with E-state index in [1.165, 1.54) is 0 Å². The van der Waals surface area contributed by atoms with E-state index in [9.17, 15) is 4.11 Å². The minimum absolute atomic E-state index is 0.260. The van der Waals surface area contributed by atoms with Crippen LogP contribution in [0, 0.1) is 0 Å². The molecule has 6 heteroatoms. The van der Waals surface area contributed by atoms with Gasteiger partial charge in [-0.1, -0.05) is 117 Å². The lowest BCUT2D eigenvalue weighted by atomic mass is 9.87. The van der Waals surface area contributed by atoms with E-state index in [1.807, 2.05) is 72.8 Å². The van der Waals surface area contributed by atoms with Crippen LogP contribution < -0.4 is 0 Å². The number of aromatic nitrogens is 6. The van der Waals surface area contributed by atoms with Crippen LogP contribution >= 0.6 is 0 Å². The highest BCUT2D eigenvalue weighted by atomic mass is 15.3. The molecular weight excluding hydrogens is 552 g/mol. The summed E-state index contributed by atoms with van der Waals surface area (Å²) in [7, 11) is 0. The van der Waals surface area contributed by atoms with E-state index < -0.39 is 0 Å². The normalized spacial score (nSPS) is 13.9. The Morgan fingerprint density at radius 1 is 0.422 bits per heavy atom. The Hall–Kier alpha value is -4.71. The van der Waals surface area contributed by atoms with Crippen molar-refractivity contribution in [2.75, 3.05) is 0 Å². The molecule has 0 aliphatic rings. The summed E-state index contributed by atoms with van der Waals surface area (Å²) in [6.07, 6.45) is 0.887. The number of rotatable bonds is 3. The van der Waals surface area contributed by atoms with Gasteiger partial charge in [0.1, 0.15) is 0 Å². The molecule has 0 saturated heterocycles. The average molecular weight is 598 g/mol. The Labute approximate surface area is 269 Å². The molecule has 0 atom stereocenters. The molecule has 3 aromatic carbocycles. The summed E-state index contributed by atoms with van der Waals surface area (Å²) in [6.45, 7) is 19.0. The second-order valence-corrected chi connectivity index (χ2v) is 15.0. The minimum atomic E-state index is -0.320. The smallest absolute Gasteiger partial charge is 0.240 e. The molecule has 4 heterocycles. The number of benzene rings is 3. The molecule has 4 aromatic heterocycles. The molecule has 7 aromatic rings.